The van der Waals surface area contributed by atoms with Gasteiger partial charge in [0.25, 0.3) is 5.56 Å². The Balaban J connectivity index is 2.10. The maximum absolute atomic E-state index is 13.6. The van der Waals surface area contributed by atoms with Gasteiger partial charge in [-0.25, -0.2) is 17.8 Å². The molecule has 0 aliphatic carbocycles. The number of benzene rings is 2. The maximum Gasteiger partial charge on any atom is 0.261 e. The Morgan fingerprint density at radius 1 is 1.03 bits per heavy atom. The quantitative estimate of drug-likeness (QED) is 0.405. The molecule has 0 N–H and O–H groups in total. The van der Waals surface area contributed by atoms with Crippen LogP contribution in [0.5, 0.6) is 0 Å². The van der Waals surface area contributed by atoms with Crippen molar-refractivity contribution in [3.8, 4) is 0 Å². The van der Waals surface area contributed by atoms with Gasteiger partial charge in [0.2, 0.25) is 10.0 Å². The van der Waals surface area contributed by atoms with E-state index in [1.807, 2.05) is 6.92 Å². The average Bonchev–Trinajstić information content (AvgIpc) is 2.79. The van der Waals surface area contributed by atoms with E-state index >= 15 is 0 Å². The van der Waals surface area contributed by atoms with E-state index in [4.69, 9.17) is 4.98 Å². The second-order valence-electron chi connectivity index (χ2n) is 7.84. The Kier molecular flexibility index (Phi) is 7.79. The summed E-state index contributed by atoms with van der Waals surface area (Å²) in [7, 11) is -3.93. The van der Waals surface area contributed by atoms with Gasteiger partial charge in [-0.3, -0.25) is 9.36 Å². The minimum Gasteiger partial charge on any atom is -0.295 e. The van der Waals surface area contributed by atoms with E-state index in [0.29, 0.717) is 29.7 Å². The number of sulfonamides is 1. The minimum atomic E-state index is -3.93. The standard InChI is InChI=1S/C24H30FN3O3S/c1-4-6-7-10-17-28(32(30,31)20-15-13-19(25)14-16-20)18(3)23-26-22-12-9-8-11-21(22)24(29)27(23)5-2/h8-9,11-16,18H,4-7,10,17H2,1-3H3. The lowest BCUT2D eigenvalue weighted by Gasteiger charge is -2.29. The minimum absolute atomic E-state index is 0.0208. The molecule has 6 nitrogen and oxygen atoms in total. The van der Waals surface area contributed by atoms with Gasteiger partial charge >= 0.3 is 0 Å². The average molecular weight is 460 g/mol. The molecule has 0 fully saturated rings. The van der Waals surface area contributed by atoms with E-state index in [0.717, 1.165) is 31.4 Å². The van der Waals surface area contributed by atoms with E-state index in [2.05, 4.69) is 6.92 Å². The number of halogens is 1. The summed E-state index contributed by atoms with van der Waals surface area (Å²) in [5.41, 5.74) is 0.347. The largest absolute Gasteiger partial charge is 0.295 e. The topological polar surface area (TPSA) is 72.3 Å². The molecule has 172 valence electrons. The number of aromatic nitrogens is 2. The molecule has 0 spiro atoms. The lowest BCUT2D eigenvalue weighted by molar-refractivity contribution is 0.314. The van der Waals surface area contributed by atoms with Gasteiger partial charge in [0.15, 0.2) is 0 Å². The van der Waals surface area contributed by atoms with Crippen LogP contribution >= 0.6 is 0 Å². The monoisotopic (exact) mass is 459 g/mol. The molecule has 1 atom stereocenters. The third-order valence-corrected chi connectivity index (χ3v) is 7.65. The molecule has 0 aliphatic rings. The first-order valence-electron chi connectivity index (χ1n) is 11.1. The molecule has 1 unspecified atom stereocenters. The van der Waals surface area contributed by atoms with Crippen molar-refractivity contribution in [1.82, 2.24) is 13.9 Å². The smallest absolute Gasteiger partial charge is 0.261 e. The van der Waals surface area contributed by atoms with Crippen LogP contribution in [-0.2, 0) is 16.6 Å². The van der Waals surface area contributed by atoms with Gasteiger partial charge in [0, 0.05) is 13.1 Å². The predicted molar refractivity (Wildman–Crippen MR) is 125 cm³/mol. The van der Waals surface area contributed by atoms with Crippen LogP contribution in [0.25, 0.3) is 10.9 Å². The molecule has 3 rings (SSSR count). The summed E-state index contributed by atoms with van der Waals surface area (Å²) in [6.45, 7) is 6.34. The summed E-state index contributed by atoms with van der Waals surface area (Å²) in [5.74, 6) is -0.0973. The van der Waals surface area contributed by atoms with Crippen molar-refractivity contribution in [2.24, 2.45) is 0 Å². The number of para-hydroxylation sites is 1. The highest BCUT2D eigenvalue weighted by atomic mass is 32.2. The number of unbranched alkanes of at least 4 members (excludes halogenated alkanes) is 3. The van der Waals surface area contributed by atoms with E-state index in [1.165, 1.54) is 21.0 Å². The maximum atomic E-state index is 13.6. The van der Waals surface area contributed by atoms with Crippen LogP contribution in [0.1, 0.15) is 58.3 Å². The second-order valence-corrected chi connectivity index (χ2v) is 9.73. The fraction of sp³-hybridized carbons (Fsp3) is 0.417. The van der Waals surface area contributed by atoms with Gasteiger partial charge in [-0.15, -0.1) is 0 Å². The molecule has 0 radical (unpaired) electrons. The molecule has 0 saturated carbocycles. The van der Waals surface area contributed by atoms with Crippen molar-refractivity contribution >= 4 is 20.9 Å². The van der Waals surface area contributed by atoms with E-state index in [-0.39, 0.29) is 17.0 Å². The molecule has 2 aromatic carbocycles. The normalized spacial score (nSPS) is 13.0. The summed E-state index contributed by atoms with van der Waals surface area (Å²) < 4.78 is 43.5. The first-order valence-corrected chi connectivity index (χ1v) is 12.5. The van der Waals surface area contributed by atoms with Crippen molar-refractivity contribution < 1.29 is 12.8 Å². The predicted octanol–water partition coefficient (Wildman–Crippen LogP) is 4.89. The number of rotatable bonds is 10. The highest BCUT2D eigenvalue weighted by Crippen LogP contribution is 2.28. The van der Waals surface area contributed by atoms with Gasteiger partial charge in [0.1, 0.15) is 11.6 Å². The van der Waals surface area contributed by atoms with Crippen molar-refractivity contribution in [1.29, 1.82) is 0 Å². The van der Waals surface area contributed by atoms with Crippen molar-refractivity contribution in [2.75, 3.05) is 6.54 Å². The Labute approximate surface area is 188 Å². The Morgan fingerprint density at radius 2 is 1.72 bits per heavy atom. The van der Waals surface area contributed by atoms with Gasteiger partial charge in [0.05, 0.1) is 21.8 Å². The van der Waals surface area contributed by atoms with E-state index < -0.39 is 21.9 Å². The fourth-order valence-corrected chi connectivity index (χ4v) is 5.53. The van der Waals surface area contributed by atoms with Crippen molar-refractivity contribution in [3.05, 3.63) is 70.5 Å². The first kappa shape index (κ1) is 24.1. The van der Waals surface area contributed by atoms with Crippen molar-refractivity contribution in [3.63, 3.8) is 0 Å². The zero-order valence-corrected chi connectivity index (χ0v) is 19.6. The molecule has 1 aromatic heterocycles. The van der Waals surface area contributed by atoms with Gasteiger partial charge in [-0.2, -0.15) is 4.31 Å². The second kappa shape index (κ2) is 10.4. The zero-order chi connectivity index (χ0) is 23.3. The van der Waals surface area contributed by atoms with Gasteiger partial charge in [-0.1, -0.05) is 38.3 Å². The summed E-state index contributed by atoms with van der Waals surface area (Å²) >= 11 is 0. The number of nitrogens with zero attached hydrogens (tertiary/aromatic N) is 3. The molecule has 0 aliphatic heterocycles. The number of hydrogen-bond donors (Lipinski definition) is 0. The third-order valence-electron chi connectivity index (χ3n) is 5.67. The molecular formula is C24H30FN3O3S. The van der Waals surface area contributed by atoms with Crippen molar-refractivity contribution in [2.45, 2.75) is 63.9 Å². The lowest BCUT2D eigenvalue weighted by Crippen LogP contribution is -2.38. The van der Waals surface area contributed by atoms with Crippen LogP contribution in [0.3, 0.4) is 0 Å². The first-order chi connectivity index (χ1) is 15.3. The highest BCUT2D eigenvalue weighted by Gasteiger charge is 2.32. The SMILES string of the molecule is CCCCCCN(C(C)c1nc2ccccc2c(=O)n1CC)S(=O)(=O)c1ccc(F)cc1. The third kappa shape index (κ3) is 4.91. The molecule has 1 heterocycles. The molecule has 32 heavy (non-hydrogen) atoms. The van der Waals surface area contributed by atoms with Gasteiger partial charge in [-0.05, 0) is 56.7 Å². The van der Waals surface area contributed by atoms with E-state index in [1.54, 1.807) is 31.2 Å². The Morgan fingerprint density at radius 3 is 2.38 bits per heavy atom. The van der Waals surface area contributed by atoms with Gasteiger partial charge < -0.3 is 0 Å². The molecular weight excluding hydrogens is 429 g/mol. The molecule has 0 bridgehead atoms. The van der Waals surface area contributed by atoms with Crippen LogP contribution in [-0.4, -0.2) is 28.8 Å². The summed E-state index contributed by atoms with van der Waals surface area (Å²) in [5, 5.41) is 0.501. The van der Waals surface area contributed by atoms with Crippen LogP contribution < -0.4 is 5.56 Å². The Hall–Kier alpha value is -2.58. The Bertz CT molecular complexity index is 1220. The number of fused-ring (bicyclic) bond motifs is 1. The van der Waals surface area contributed by atoms with Crippen LogP contribution in [0.2, 0.25) is 0 Å². The zero-order valence-electron chi connectivity index (χ0n) is 18.8. The van der Waals surface area contributed by atoms with Crippen LogP contribution in [0, 0.1) is 5.82 Å². The number of hydrogen-bond acceptors (Lipinski definition) is 4. The summed E-state index contributed by atoms with van der Waals surface area (Å²) in [6.07, 6.45) is 3.61. The van der Waals surface area contributed by atoms with E-state index in [9.17, 15) is 17.6 Å². The van der Waals surface area contributed by atoms with Crippen LogP contribution in [0.4, 0.5) is 4.39 Å². The molecule has 3 aromatic rings. The fourth-order valence-electron chi connectivity index (χ4n) is 3.90. The molecule has 0 saturated heterocycles. The molecule has 0 amide bonds. The lowest BCUT2D eigenvalue weighted by atomic mass is 10.2. The summed E-state index contributed by atoms with van der Waals surface area (Å²) in [4.78, 5) is 17.8. The molecule has 8 heteroatoms. The highest BCUT2D eigenvalue weighted by molar-refractivity contribution is 7.89. The summed E-state index contributed by atoms with van der Waals surface area (Å²) in [6, 6.07) is 11.2. The van der Waals surface area contributed by atoms with Crippen LogP contribution in [0.15, 0.2) is 58.2 Å².